The van der Waals surface area contributed by atoms with Gasteiger partial charge in [0.25, 0.3) is 0 Å². The first kappa shape index (κ1) is 18.1. The third-order valence-electron chi connectivity index (χ3n) is 5.09. The lowest BCUT2D eigenvalue weighted by atomic mass is 10.0. The maximum Gasteiger partial charge on any atom is 0.317 e. The van der Waals surface area contributed by atoms with E-state index in [0.717, 1.165) is 38.9 Å². The van der Waals surface area contributed by atoms with Crippen molar-refractivity contribution >= 4 is 6.03 Å². The van der Waals surface area contributed by atoms with Crippen molar-refractivity contribution in [1.29, 1.82) is 0 Å². The topological polar surface area (TPSA) is 57.7 Å². The second-order valence-corrected chi connectivity index (χ2v) is 7.33. The molecule has 6 heteroatoms. The first-order valence-corrected chi connectivity index (χ1v) is 9.42. The van der Waals surface area contributed by atoms with Gasteiger partial charge in [0.15, 0.2) is 0 Å². The Hall–Kier alpha value is -1.66. The van der Waals surface area contributed by atoms with E-state index < -0.39 is 0 Å². The molecule has 2 fully saturated rings. The standard InChI is InChI=1S/C19H30N4O2/c1-15-13-23(14-16(2)25-15)19(24)21-18-6-11-22(12-7-18)10-5-17-3-8-20-9-4-17/h3-4,8-9,15-16,18H,5-7,10-14H2,1-2H3,(H,21,24)/t15-,16-/m0/s1. The van der Waals surface area contributed by atoms with Crippen molar-refractivity contribution in [3.8, 4) is 0 Å². The van der Waals surface area contributed by atoms with Crippen LogP contribution in [-0.4, -0.2) is 71.8 Å². The van der Waals surface area contributed by atoms with Gasteiger partial charge in [0.05, 0.1) is 12.2 Å². The first-order chi connectivity index (χ1) is 12.1. The smallest absolute Gasteiger partial charge is 0.317 e. The summed E-state index contributed by atoms with van der Waals surface area (Å²) in [6, 6.07) is 4.52. The molecular formula is C19H30N4O2. The molecule has 25 heavy (non-hydrogen) atoms. The van der Waals surface area contributed by atoms with Gasteiger partial charge in [-0.2, -0.15) is 0 Å². The van der Waals surface area contributed by atoms with Gasteiger partial charge in [-0.3, -0.25) is 4.98 Å². The third kappa shape index (κ3) is 5.41. The highest BCUT2D eigenvalue weighted by Crippen LogP contribution is 2.14. The van der Waals surface area contributed by atoms with E-state index in [2.05, 4.69) is 27.3 Å². The van der Waals surface area contributed by atoms with E-state index in [1.165, 1.54) is 5.56 Å². The van der Waals surface area contributed by atoms with Crippen molar-refractivity contribution in [2.24, 2.45) is 0 Å². The molecule has 2 aliphatic heterocycles. The van der Waals surface area contributed by atoms with Crippen molar-refractivity contribution in [2.45, 2.75) is 51.4 Å². The number of piperidine rings is 1. The zero-order valence-electron chi connectivity index (χ0n) is 15.4. The summed E-state index contributed by atoms with van der Waals surface area (Å²) in [5.41, 5.74) is 1.33. The number of nitrogens with zero attached hydrogens (tertiary/aromatic N) is 3. The molecule has 0 spiro atoms. The molecule has 138 valence electrons. The molecule has 3 heterocycles. The van der Waals surface area contributed by atoms with Crippen LogP contribution in [0.5, 0.6) is 0 Å². The predicted octanol–water partition coefficient (Wildman–Crippen LogP) is 1.91. The first-order valence-electron chi connectivity index (χ1n) is 9.42. The van der Waals surface area contributed by atoms with Crippen LogP contribution in [0.4, 0.5) is 4.79 Å². The number of nitrogens with one attached hydrogen (secondary N) is 1. The second-order valence-electron chi connectivity index (χ2n) is 7.33. The van der Waals surface area contributed by atoms with Crippen LogP contribution in [0.15, 0.2) is 24.5 Å². The van der Waals surface area contributed by atoms with Gasteiger partial charge >= 0.3 is 6.03 Å². The fourth-order valence-corrected chi connectivity index (χ4v) is 3.75. The number of urea groups is 1. The molecule has 0 radical (unpaired) electrons. The number of carbonyl (C=O) groups is 1. The van der Waals surface area contributed by atoms with Crippen molar-refractivity contribution in [2.75, 3.05) is 32.7 Å². The number of hydrogen-bond acceptors (Lipinski definition) is 4. The van der Waals surface area contributed by atoms with Crippen molar-refractivity contribution in [3.05, 3.63) is 30.1 Å². The third-order valence-corrected chi connectivity index (χ3v) is 5.09. The van der Waals surface area contributed by atoms with E-state index in [4.69, 9.17) is 4.74 Å². The summed E-state index contributed by atoms with van der Waals surface area (Å²) in [4.78, 5) is 20.9. The van der Waals surface area contributed by atoms with Crippen molar-refractivity contribution in [3.63, 3.8) is 0 Å². The van der Waals surface area contributed by atoms with Crippen LogP contribution in [0.2, 0.25) is 0 Å². The van der Waals surface area contributed by atoms with Crippen LogP contribution in [0.3, 0.4) is 0 Å². The predicted molar refractivity (Wildman–Crippen MR) is 97.5 cm³/mol. The van der Waals surface area contributed by atoms with Crippen LogP contribution in [0.1, 0.15) is 32.3 Å². The van der Waals surface area contributed by atoms with Gasteiger partial charge in [-0.1, -0.05) is 0 Å². The number of rotatable bonds is 4. The van der Waals surface area contributed by atoms with Gasteiger partial charge in [-0.05, 0) is 50.8 Å². The Kier molecular flexibility index (Phi) is 6.26. The Morgan fingerprint density at radius 2 is 1.84 bits per heavy atom. The maximum absolute atomic E-state index is 12.5. The van der Waals surface area contributed by atoms with Crippen LogP contribution in [0.25, 0.3) is 0 Å². The molecule has 1 N–H and O–H groups in total. The Labute approximate surface area is 150 Å². The van der Waals surface area contributed by atoms with Crippen LogP contribution in [0, 0.1) is 0 Å². The highest BCUT2D eigenvalue weighted by atomic mass is 16.5. The van der Waals surface area contributed by atoms with Gasteiger partial charge in [-0.15, -0.1) is 0 Å². The lowest BCUT2D eigenvalue weighted by Gasteiger charge is -2.37. The van der Waals surface area contributed by atoms with E-state index in [1.807, 2.05) is 31.1 Å². The highest BCUT2D eigenvalue weighted by molar-refractivity contribution is 5.74. The number of pyridine rings is 1. The summed E-state index contributed by atoms with van der Waals surface area (Å²) in [7, 11) is 0. The quantitative estimate of drug-likeness (QED) is 0.905. The zero-order chi connectivity index (χ0) is 17.6. The summed E-state index contributed by atoms with van der Waals surface area (Å²) in [6.45, 7) is 8.58. The molecule has 2 saturated heterocycles. The average Bonchev–Trinajstić information content (AvgIpc) is 2.61. The van der Waals surface area contributed by atoms with Crippen molar-refractivity contribution in [1.82, 2.24) is 20.1 Å². The molecule has 2 atom stereocenters. The van der Waals surface area contributed by atoms with Crippen LogP contribution >= 0.6 is 0 Å². The summed E-state index contributed by atoms with van der Waals surface area (Å²) in [5, 5.41) is 3.22. The van der Waals surface area contributed by atoms with E-state index >= 15 is 0 Å². The van der Waals surface area contributed by atoms with E-state index in [1.54, 1.807) is 0 Å². The SMILES string of the molecule is C[C@H]1CN(C(=O)NC2CCN(CCc3ccncc3)CC2)C[C@H](C)O1. The normalized spacial score (nSPS) is 25.8. The molecule has 2 amide bonds. The molecule has 0 unspecified atom stereocenters. The molecule has 0 bridgehead atoms. The van der Waals surface area contributed by atoms with E-state index in [-0.39, 0.29) is 24.3 Å². The minimum atomic E-state index is 0.0669. The molecule has 3 rings (SSSR count). The molecule has 2 aliphatic rings. The van der Waals surface area contributed by atoms with Crippen LogP contribution < -0.4 is 5.32 Å². The average molecular weight is 346 g/mol. The Bertz CT molecular complexity index is 536. The number of ether oxygens (including phenoxy) is 1. The van der Waals surface area contributed by atoms with E-state index in [0.29, 0.717) is 13.1 Å². The van der Waals surface area contributed by atoms with Gasteiger partial charge in [0.1, 0.15) is 0 Å². The number of likely N-dealkylation sites (tertiary alicyclic amines) is 1. The zero-order valence-corrected chi connectivity index (χ0v) is 15.4. The highest BCUT2D eigenvalue weighted by Gasteiger charge is 2.28. The molecular weight excluding hydrogens is 316 g/mol. The largest absolute Gasteiger partial charge is 0.372 e. The number of aromatic nitrogens is 1. The summed E-state index contributed by atoms with van der Waals surface area (Å²) in [6.07, 6.45) is 7.04. The molecule has 0 aliphatic carbocycles. The molecule has 6 nitrogen and oxygen atoms in total. The summed E-state index contributed by atoms with van der Waals surface area (Å²) < 4.78 is 5.70. The van der Waals surface area contributed by atoms with Gasteiger partial charge < -0.3 is 19.9 Å². The van der Waals surface area contributed by atoms with Crippen molar-refractivity contribution < 1.29 is 9.53 Å². The maximum atomic E-state index is 12.5. The minimum Gasteiger partial charge on any atom is -0.372 e. The Balaban J connectivity index is 1.38. The second kappa shape index (κ2) is 8.63. The van der Waals surface area contributed by atoms with Gasteiger partial charge in [0.2, 0.25) is 0 Å². The Morgan fingerprint density at radius 3 is 2.48 bits per heavy atom. The molecule has 1 aromatic rings. The lowest BCUT2D eigenvalue weighted by molar-refractivity contribution is -0.0549. The molecule has 0 saturated carbocycles. The van der Waals surface area contributed by atoms with Gasteiger partial charge in [0, 0.05) is 51.2 Å². The number of morpholine rings is 1. The fraction of sp³-hybridized carbons (Fsp3) is 0.684. The van der Waals surface area contributed by atoms with E-state index in [9.17, 15) is 4.79 Å². The Morgan fingerprint density at radius 1 is 1.20 bits per heavy atom. The van der Waals surface area contributed by atoms with Gasteiger partial charge in [-0.25, -0.2) is 4.79 Å². The lowest BCUT2D eigenvalue weighted by Crippen LogP contribution is -2.55. The monoisotopic (exact) mass is 346 g/mol. The molecule has 0 aromatic carbocycles. The fourth-order valence-electron chi connectivity index (χ4n) is 3.75. The number of carbonyl (C=O) groups excluding carboxylic acids is 1. The minimum absolute atomic E-state index is 0.0669. The number of hydrogen-bond donors (Lipinski definition) is 1. The van der Waals surface area contributed by atoms with Crippen LogP contribution in [-0.2, 0) is 11.2 Å². The molecule has 1 aromatic heterocycles. The summed E-state index contributed by atoms with van der Waals surface area (Å²) >= 11 is 0. The number of amides is 2. The summed E-state index contributed by atoms with van der Waals surface area (Å²) in [5.74, 6) is 0.